The normalized spacial score (nSPS) is 8.75. The number of hydrogen-bond acceptors (Lipinski definition) is 3. The minimum Gasteiger partial charge on any atom is -0.462 e. The van der Waals surface area contributed by atoms with Crippen LogP contribution in [0.5, 0.6) is 0 Å². The van der Waals surface area contributed by atoms with E-state index in [0.29, 0.717) is 12.0 Å². The summed E-state index contributed by atoms with van der Waals surface area (Å²) < 4.78 is 4.61. The van der Waals surface area contributed by atoms with Gasteiger partial charge >= 0.3 is 0 Å². The van der Waals surface area contributed by atoms with Gasteiger partial charge in [-0.25, -0.2) is 0 Å². The molecule has 0 aliphatic heterocycles. The summed E-state index contributed by atoms with van der Waals surface area (Å²) in [6.45, 7) is 1.80. The molecule has 0 amide bonds. The Hall–Kier alpha value is -1.64. The van der Waals surface area contributed by atoms with E-state index in [1.807, 2.05) is 0 Å². The molecule has 0 radical (unpaired) electrons. The zero-order valence-corrected chi connectivity index (χ0v) is 6.77. The van der Waals surface area contributed by atoms with Gasteiger partial charge in [0.25, 0.3) is 0 Å². The molecule has 0 saturated carbocycles. The molecule has 3 nitrogen and oxygen atoms in total. The monoisotopic (exact) mass is 166 g/mol. The smallest absolute Gasteiger partial charge is 0.185 e. The maximum absolute atomic E-state index is 9.77. The summed E-state index contributed by atoms with van der Waals surface area (Å²) in [5.41, 5.74) is 0. The Balaban J connectivity index is 0.000000217. The lowest BCUT2D eigenvalue weighted by Gasteiger charge is -1.68. The van der Waals surface area contributed by atoms with Crippen molar-refractivity contribution in [2.75, 3.05) is 0 Å². The summed E-state index contributed by atoms with van der Waals surface area (Å²) in [5, 5.41) is 0. The van der Waals surface area contributed by atoms with Gasteiger partial charge in [-0.2, -0.15) is 0 Å². The second-order valence-corrected chi connectivity index (χ2v) is 1.80. The molecule has 0 atom stereocenters. The molecule has 0 aromatic carbocycles. The number of allylic oxidation sites excluding steroid dienone is 2. The number of hydrogen-bond donors (Lipinski definition) is 0. The first-order valence-corrected chi connectivity index (χ1v) is 3.40. The van der Waals surface area contributed by atoms with Crippen molar-refractivity contribution in [2.24, 2.45) is 0 Å². The first kappa shape index (κ1) is 10.4. The molecule has 1 heterocycles. The molecular weight excluding hydrogens is 156 g/mol. The summed E-state index contributed by atoms with van der Waals surface area (Å²) in [6.07, 6.45) is 6.01. The summed E-state index contributed by atoms with van der Waals surface area (Å²) in [4.78, 5) is 19.1. The molecular formula is C9H10O3. The number of carbonyl (C=O) groups excluding carboxylic acids is 2. The molecule has 0 N–H and O–H groups in total. The molecule has 0 fully saturated rings. The summed E-state index contributed by atoms with van der Waals surface area (Å²) in [6, 6.07) is 3.27. The van der Waals surface area contributed by atoms with Gasteiger partial charge in [0.2, 0.25) is 0 Å². The van der Waals surface area contributed by atoms with Gasteiger partial charge in [-0.3, -0.25) is 9.59 Å². The number of aldehydes is 2. The molecule has 0 unspecified atom stereocenters. The fourth-order valence-electron chi connectivity index (χ4n) is 0.437. The van der Waals surface area contributed by atoms with Crippen LogP contribution in [0.3, 0.4) is 0 Å². The lowest BCUT2D eigenvalue weighted by molar-refractivity contribution is -0.104. The van der Waals surface area contributed by atoms with Gasteiger partial charge in [-0.1, -0.05) is 6.08 Å². The highest BCUT2D eigenvalue weighted by Crippen LogP contribution is 1.92. The van der Waals surface area contributed by atoms with Crippen molar-refractivity contribution < 1.29 is 14.0 Å². The van der Waals surface area contributed by atoms with Crippen LogP contribution in [0.15, 0.2) is 35.0 Å². The van der Waals surface area contributed by atoms with Gasteiger partial charge in [0.05, 0.1) is 6.26 Å². The molecule has 1 aromatic heterocycles. The van der Waals surface area contributed by atoms with E-state index in [9.17, 15) is 9.59 Å². The Kier molecular flexibility index (Phi) is 6.45. The maximum Gasteiger partial charge on any atom is 0.185 e. The molecule has 64 valence electrons. The average Bonchev–Trinajstić information content (AvgIpc) is 2.58. The summed E-state index contributed by atoms with van der Waals surface area (Å²) in [7, 11) is 0. The van der Waals surface area contributed by atoms with Crippen LogP contribution in [0.1, 0.15) is 17.5 Å². The van der Waals surface area contributed by atoms with E-state index in [4.69, 9.17) is 0 Å². The Morgan fingerprint density at radius 2 is 2.17 bits per heavy atom. The second kappa shape index (κ2) is 7.47. The van der Waals surface area contributed by atoms with Crippen molar-refractivity contribution in [2.45, 2.75) is 6.92 Å². The van der Waals surface area contributed by atoms with Gasteiger partial charge in [-0.15, -0.1) is 0 Å². The van der Waals surface area contributed by atoms with E-state index in [1.165, 1.54) is 12.3 Å². The first-order valence-electron chi connectivity index (χ1n) is 3.40. The van der Waals surface area contributed by atoms with Crippen molar-refractivity contribution in [3.63, 3.8) is 0 Å². The lowest BCUT2D eigenvalue weighted by atomic mass is 10.5. The van der Waals surface area contributed by atoms with E-state index < -0.39 is 0 Å². The number of furan rings is 1. The van der Waals surface area contributed by atoms with E-state index in [-0.39, 0.29) is 0 Å². The highest BCUT2D eigenvalue weighted by Gasteiger charge is 1.84. The highest BCUT2D eigenvalue weighted by molar-refractivity contribution is 5.69. The van der Waals surface area contributed by atoms with Gasteiger partial charge in [0.15, 0.2) is 12.0 Å². The van der Waals surface area contributed by atoms with Crippen LogP contribution in [0.25, 0.3) is 0 Å². The Labute approximate surface area is 70.7 Å². The van der Waals surface area contributed by atoms with Crippen molar-refractivity contribution in [3.05, 3.63) is 36.3 Å². The van der Waals surface area contributed by atoms with Gasteiger partial charge < -0.3 is 4.42 Å². The largest absolute Gasteiger partial charge is 0.462 e. The topological polar surface area (TPSA) is 47.3 Å². The predicted molar refractivity (Wildman–Crippen MR) is 45.0 cm³/mol. The van der Waals surface area contributed by atoms with Crippen LogP contribution >= 0.6 is 0 Å². The number of rotatable bonds is 2. The van der Waals surface area contributed by atoms with E-state index >= 15 is 0 Å². The lowest BCUT2D eigenvalue weighted by Crippen LogP contribution is -1.65. The third-order valence-corrected chi connectivity index (χ3v) is 0.930. The molecule has 0 aliphatic carbocycles. The zero-order chi connectivity index (χ0) is 9.23. The maximum atomic E-state index is 9.77. The van der Waals surface area contributed by atoms with E-state index in [0.717, 1.165) is 6.29 Å². The fourth-order valence-corrected chi connectivity index (χ4v) is 0.437. The third kappa shape index (κ3) is 5.17. The predicted octanol–water partition coefficient (Wildman–Crippen LogP) is 1.85. The molecule has 0 bridgehead atoms. The van der Waals surface area contributed by atoms with Crippen molar-refractivity contribution >= 4 is 12.6 Å². The zero-order valence-electron chi connectivity index (χ0n) is 6.77. The minimum atomic E-state index is 0.375. The van der Waals surface area contributed by atoms with Crippen LogP contribution in [-0.2, 0) is 4.79 Å². The minimum absolute atomic E-state index is 0.375. The molecule has 12 heavy (non-hydrogen) atoms. The molecule has 0 aliphatic rings. The molecule has 0 saturated heterocycles. The highest BCUT2D eigenvalue weighted by atomic mass is 16.3. The van der Waals surface area contributed by atoms with Crippen LogP contribution in [0.2, 0.25) is 0 Å². The van der Waals surface area contributed by atoms with Gasteiger partial charge in [0.1, 0.15) is 6.29 Å². The quantitative estimate of drug-likeness (QED) is 0.497. The van der Waals surface area contributed by atoms with Crippen LogP contribution < -0.4 is 0 Å². The molecule has 3 heteroatoms. The van der Waals surface area contributed by atoms with Gasteiger partial charge in [0, 0.05) is 0 Å². The molecule has 1 rings (SSSR count). The van der Waals surface area contributed by atoms with Crippen LogP contribution in [-0.4, -0.2) is 12.6 Å². The SMILES string of the molecule is CC=CC=O.O=Cc1ccco1. The number of carbonyl (C=O) groups is 2. The molecule has 0 spiro atoms. The second-order valence-electron chi connectivity index (χ2n) is 1.80. The van der Waals surface area contributed by atoms with Gasteiger partial charge in [-0.05, 0) is 25.1 Å². The van der Waals surface area contributed by atoms with E-state index in [1.54, 1.807) is 25.1 Å². The van der Waals surface area contributed by atoms with Crippen molar-refractivity contribution in [1.82, 2.24) is 0 Å². The Morgan fingerprint density at radius 3 is 2.33 bits per heavy atom. The average molecular weight is 166 g/mol. The van der Waals surface area contributed by atoms with Crippen molar-refractivity contribution in [3.8, 4) is 0 Å². The van der Waals surface area contributed by atoms with Crippen molar-refractivity contribution in [1.29, 1.82) is 0 Å². The van der Waals surface area contributed by atoms with E-state index in [2.05, 4.69) is 4.42 Å². The first-order chi connectivity index (χ1) is 5.85. The van der Waals surface area contributed by atoms with Crippen LogP contribution in [0.4, 0.5) is 0 Å². The summed E-state index contributed by atoms with van der Waals surface area (Å²) in [5.74, 6) is 0.375. The molecule has 1 aromatic rings. The van der Waals surface area contributed by atoms with Crippen LogP contribution in [0, 0.1) is 0 Å². The summed E-state index contributed by atoms with van der Waals surface area (Å²) >= 11 is 0. The third-order valence-electron chi connectivity index (χ3n) is 0.930. The Morgan fingerprint density at radius 1 is 1.42 bits per heavy atom. The standard InChI is InChI=1S/C5H4O2.C4H6O/c6-4-5-2-1-3-7-5;1-2-3-4-5/h1-4H;2-4H,1H3. The fraction of sp³-hybridized carbons (Fsp3) is 0.111. The Bertz CT molecular complexity index is 234.